The van der Waals surface area contributed by atoms with Crippen LogP contribution in [0.25, 0.3) is 10.9 Å². The van der Waals surface area contributed by atoms with Crippen LogP contribution in [0.15, 0.2) is 42.7 Å². The molecular formula is C18H15ClN4O4. The maximum Gasteiger partial charge on any atom is 0.311 e. The van der Waals surface area contributed by atoms with Gasteiger partial charge in [0.15, 0.2) is 5.75 Å². The Morgan fingerprint density at radius 1 is 1.30 bits per heavy atom. The number of benzene rings is 2. The molecule has 0 amide bonds. The summed E-state index contributed by atoms with van der Waals surface area (Å²) in [6.07, 6.45) is 1.89. The molecule has 27 heavy (non-hydrogen) atoms. The zero-order valence-corrected chi connectivity index (χ0v) is 14.8. The van der Waals surface area contributed by atoms with Crippen LogP contribution < -0.4 is 10.1 Å². The van der Waals surface area contributed by atoms with Gasteiger partial charge in [0, 0.05) is 29.3 Å². The number of hydrogen-bond acceptors (Lipinski definition) is 7. The molecular weight excluding hydrogens is 372 g/mol. The maximum absolute atomic E-state index is 11.6. The summed E-state index contributed by atoms with van der Waals surface area (Å²) >= 11 is 6.01. The summed E-state index contributed by atoms with van der Waals surface area (Å²) in [7, 11) is 0. The minimum atomic E-state index is -0.471. The molecule has 2 heterocycles. The molecule has 1 N–H and O–H groups in total. The van der Waals surface area contributed by atoms with E-state index in [1.54, 1.807) is 24.3 Å². The highest BCUT2D eigenvalue weighted by molar-refractivity contribution is 6.30. The molecule has 0 aliphatic carbocycles. The highest BCUT2D eigenvalue weighted by atomic mass is 35.5. The Balaban J connectivity index is 1.75. The van der Waals surface area contributed by atoms with Crippen LogP contribution in [0.3, 0.4) is 0 Å². The van der Waals surface area contributed by atoms with Gasteiger partial charge in [0.05, 0.1) is 29.0 Å². The van der Waals surface area contributed by atoms with Gasteiger partial charge in [-0.3, -0.25) is 10.1 Å². The summed E-state index contributed by atoms with van der Waals surface area (Å²) in [5.41, 5.74) is 1.11. The predicted molar refractivity (Wildman–Crippen MR) is 101 cm³/mol. The Morgan fingerprint density at radius 2 is 2.19 bits per heavy atom. The highest BCUT2D eigenvalue weighted by Gasteiger charge is 2.24. The molecule has 138 valence electrons. The summed E-state index contributed by atoms with van der Waals surface area (Å²) in [5.74, 6) is 0.622. The van der Waals surface area contributed by atoms with E-state index in [1.807, 2.05) is 6.07 Å². The van der Waals surface area contributed by atoms with Crippen molar-refractivity contribution in [3.8, 4) is 5.75 Å². The van der Waals surface area contributed by atoms with Gasteiger partial charge in [-0.15, -0.1) is 0 Å². The van der Waals surface area contributed by atoms with Crippen LogP contribution >= 0.6 is 11.6 Å². The van der Waals surface area contributed by atoms with Gasteiger partial charge in [0.1, 0.15) is 18.2 Å². The van der Waals surface area contributed by atoms with Gasteiger partial charge in [-0.25, -0.2) is 9.97 Å². The monoisotopic (exact) mass is 386 g/mol. The van der Waals surface area contributed by atoms with E-state index in [9.17, 15) is 10.1 Å². The predicted octanol–water partition coefficient (Wildman–Crippen LogP) is 4.10. The van der Waals surface area contributed by atoms with E-state index in [1.165, 1.54) is 12.4 Å². The second-order valence-electron chi connectivity index (χ2n) is 6.06. The third-order valence-corrected chi connectivity index (χ3v) is 4.42. The molecule has 1 unspecified atom stereocenters. The average Bonchev–Trinajstić information content (AvgIpc) is 3.14. The third kappa shape index (κ3) is 3.76. The van der Waals surface area contributed by atoms with Crippen molar-refractivity contribution in [3.05, 3.63) is 57.9 Å². The fraction of sp³-hybridized carbons (Fsp3) is 0.222. The first-order valence-corrected chi connectivity index (χ1v) is 8.68. The molecule has 2 aromatic carbocycles. The highest BCUT2D eigenvalue weighted by Crippen LogP contribution is 2.35. The lowest BCUT2D eigenvalue weighted by molar-refractivity contribution is -0.385. The van der Waals surface area contributed by atoms with Crippen LogP contribution in [0.5, 0.6) is 5.75 Å². The Hall–Kier alpha value is -2.97. The number of hydrogen-bond donors (Lipinski definition) is 1. The minimum absolute atomic E-state index is 0.140. The lowest BCUT2D eigenvalue weighted by atomic mass is 10.2. The molecule has 1 fully saturated rings. The molecule has 1 aromatic heterocycles. The number of halogens is 1. The van der Waals surface area contributed by atoms with E-state index in [0.717, 1.165) is 0 Å². The maximum atomic E-state index is 11.6. The van der Waals surface area contributed by atoms with E-state index in [0.29, 0.717) is 47.1 Å². The molecule has 9 heteroatoms. The largest absolute Gasteiger partial charge is 0.481 e. The van der Waals surface area contributed by atoms with Crippen LogP contribution in [0.1, 0.15) is 6.42 Å². The Bertz CT molecular complexity index is 1010. The lowest BCUT2D eigenvalue weighted by Gasteiger charge is -2.13. The topological polar surface area (TPSA) is 99.4 Å². The first-order valence-electron chi connectivity index (χ1n) is 8.30. The van der Waals surface area contributed by atoms with E-state index in [-0.39, 0.29) is 17.5 Å². The van der Waals surface area contributed by atoms with E-state index in [4.69, 9.17) is 21.1 Å². The smallest absolute Gasteiger partial charge is 0.311 e. The van der Waals surface area contributed by atoms with Gasteiger partial charge < -0.3 is 14.8 Å². The zero-order chi connectivity index (χ0) is 18.8. The Kier molecular flexibility index (Phi) is 4.74. The summed E-state index contributed by atoms with van der Waals surface area (Å²) in [4.78, 5) is 19.5. The number of fused-ring (bicyclic) bond motifs is 1. The molecule has 8 nitrogen and oxygen atoms in total. The van der Waals surface area contributed by atoms with Gasteiger partial charge in [-0.2, -0.15) is 0 Å². The first-order chi connectivity index (χ1) is 13.1. The molecule has 1 aliphatic heterocycles. The third-order valence-electron chi connectivity index (χ3n) is 4.18. The van der Waals surface area contributed by atoms with Crippen LogP contribution in [0.2, 0.25) is 5.02 Å². The van der Waals surface area contributed by atoms with Gasteiger partial charge in [-0.1, -0.05) is 17.7 Å². The Labute approximate surface area is 159 Å². The van der Waals surface area contributed by atoms with Crippen molar-refractivity contribution in [1.29, 1.82) is 0 Å². The van der Waals surface area contributed by atoms with E-state index in [2.05, 4.69) is 15.3 Å². The van der Waals surface area contributed by atoms with Crippen LogP contribution in [-0.2, 0) is 4.74 Å². The second-order valence-corrected chi connectivity index (χ2v) is 6.49. The van der Waals surface area contributed by atoms with Crippen molar-refractivity contribution < 1.29 is 14.4 Å². The summed E-state index contributed by atoms with van der Waals surface area (Å²) in [6.45, 7) is 1.00. The molecule has 0 saturated carbocycles. The number of nitrogens with one attached hydrogen (secondary N) is 1. The minimum Gasteiger partial charge on any atom is -0.481 e. The van der Waals surface area contributed by atoms with E-state index >= 15 is 0 Å². The van der Waals surface area contributed by atoms with Crippen molar-refractivity contribution >= 4 is 39.7 Å². The van der Waals surface area contributed by atoms with Crippen molar-refractivity contribution in [2.45, 2.75) is 12.5 Å². The lowest BCUT2D eigenvalue weighted by Crippen LogP contribution is -2.16. The number of nitrogens with zero attached hydrogens (tertiary/aromatic N) is 3. The number of aromatic nitrogens is 2. The van der Waals surface area contributed by atoms with Crippen molar-refractivity contribution in [2.24, 2.45) is 0 Å². The number of nitro benzene ring substituents is 1. The molecule has 0 radical (unpaired) electrons. The SMILES string of the molecule is O=[N+]([O-])c1cc2c(Nc3cccc(Cl)c3)ncnc2cc1OC1CCOC1. The van der Waals surface area contributed by atoms with Crippen LogP contribution in [0, 0.1) is 10.1 Å². The van der Waals surface area contributed by atoms with E-state index < -0.39 is 4.92 Å². The molecule has 4 rings (SSSR count). The number of anilines is 2. The number of ether oxygens (including phenoxy) is 2. The molecule has 1 saturated heterocycles. The van der Waals surface area contributed by atoms with Gasteiger partial charge in [0.25, 0.3) is 0 Å². The first kappa shape index (κ1) is 17.4. The number of rotatable bonds is 5. The molecule has 0 spiro atoms. The van der Waals surface area contributed by atoms with Crippen LogP contribution in [0.4, 0.5) is 17.2 Å². The van der Waals surface area contributed by atoms with Gasteiger partial charge in [-0.05, 0) is 18.2 Å². The summed E-state index contributed by atoms with van der Waals surface area (Å²) < 4.78 is 11.1. The second kappa shape index (κ2) is 7.34. The molecule has 1 atom stereocenters. The summed E-state index contributed by atoms with van der Waals surface area (Å²) in [6, 6.07) is 10.1. The average molecular weight is 387 g/mol. The normalized spacial score (nSPS) is 16.4. The number of nitro groups is 1. The Morgan fingerprint density at radius 3 is 2.93 bits per heavy atom. The van der Waals surface area contributed by atoms with Crippen molar-refractivity contribution in [3.63, 3.8) is 0 Å². The zero-order valence-electron chi connectivity index (χ0n) is 14.1. The fourth-order valence-corrected chi connectivity index (χ4v) is 3.09. The standard InChI is InChI=1S/C18H15ClN4O4/c19-11-2-1-3-12(6-11)22-18-14-7-16(23(24)25)17(8-15(14)20-10-21-18)27-13-4-5-26-9-13/h1-3,6-8,10,13H,4-5,9H2,(H,20,21,22). The van der Waals surface area contributed by atoms with Crippen molar-refractivity contribution in [2.75, 3.05) is 18.5 Å². The van der Waals surface area contributed by atoms with Crippen LogP contribution in [-0.4, -0.2) is 34.2 Å². The molecule has 1 aliphatic rings. The molecule has 0 bridgehead atoms. The van der Waals surface area contributed by atoms with Gasteiger partial charge in [0.2, 0.25) is 0 Å². The van der Waals surface area contributed by atoms with Gasteiger partial charge >= 0.3 is 5.69 Å². The summed E-state index contributed by atoms with van der Waals surface area (Å²) in [5, 5.41) is 15.8. The van der Waals surface area contributed by atoms with Crippen molar-refractivity contribution in [1.82, 2.24) is 9.97 Å². The molecule has 3 aromatic rings. The quantitative estimate of drug-likeness (QED) is 0.520. The fourth-order valence-electron chi connectivity index (χ4n) is 2.90.